The number of thiophene rings is 1. The van der Waals surface area contributed by atoms with Crippen LogP contribution in [0.2, 0.25) is 0 Å². The number of hydrogen-bond acceptors (Lipinski definition) is 3. The van der Waals surface area contributed by atoms with Gasteiger partial charge in [-0.3, -0.25) is 4.79 Å². The van der Waals surface area contributed by atoms with Gasteiger partial charge < -0.3 is 5.32 Å². The third-order valence-corrected chi connectivity index (χ3v) is 2.67. The first kappa shape index (κ1) is 12.2. The Morgan fingerprint density at radius 3 is 2.60 bits per heavy atom. The van der Waals surface area contributed by atoms with E-state index in [-0.39, 0.29) is 12.3 Å². The zero-order valence-corrected chi connectivity index (χ0v) is 8.84. The fourth-order valence-corrected chi connectivity index (χ4v) is 1.79. The molecule has 0 amide bonds. The fourth-order valence-electron chi connectivity index (χ4n) is 0.989. The van der Waals surface area contributed by atoms with Gasteiger partial charge >= 0.3 is 6.18 Å². The zero-order chi connectivity index (χ0) is 11.5. The molecule has 1 aromatic rings. The van der Waals surface area contributed by atoms with Crippen LogP contribution in [0.3, 0.4) is 0 Å². The van der Waals surface area contributed by atoms with Crippen LogP contribution in [0.4, 0.5) is 13.2 Å². The summed E-state index contributed by atoms with van der Waals surface area (Å²) in [7, 11) is 0. The molecule has 0 aliphatic carbocycles. The van der Waals surface area contributed by atoms with Gasteiger partial charge in [0.1, 0.15) is 0 Å². The number of Topliss-reactive ketones (excluding diaryl/α,β-unsaturated/α-hetero) is 1. The average molecular weight is 237 g/mol. The van der Waals surface area contributed by atoms with Crippen LogP contribution in [0, 0.1) is 6.92 Å². The fraction of sp³-hybridized carbons (Fsp3) is 0.444. The van der Waals surface area contributed by atoms with Gasteiger partial charge in [0, 0.05) is 4.88 Å². The first-order valence-electron chi connectivity index (χ1n) is 4.25. The maximum absolute atomic E-state index is 11.7. The van der Waals surface area contributed by atoms with E-state index in [4.69, 9.17) is 0 Å². The second-order valence-electron chi connectivity index (χ2n) is 3.05. The molecule has 0 unspecified atom stereocenters. The van der Waals surface area contributed by atoms with E-state index in [0.29, 0.717) is 4.88 Å². The lowest BCUT2D eigenvalue weighted by Gasteiger charge is -2.06. The molecular formula is C9H10F3NOS. The van der Waals surface area contributed by atoms with E-state index in [1.54, 1.807) is 12.1 Å². The highest BCUT2D eigenvalue weighted by atomic mass is 32.1. The molecule has 15 heavy (non-hydrogen) atoms. The molecule has 0 aromatic carbocycles. The van der Waals surface area contributed by atoms with Gasteiger partial charge in [-0.25, -0.2) is 0 Å². The Morgan fingerprint density at radius 1 is 1.47 bits per heavy atom. The molecule has 1 aromatic heterocycles. The second kappa shape index (κ2) is 4.76. The maximum Gasteiger partial charge on any atom is 0.401 e. The minimum Gasteiger partial charge on any atom is -0.302 e. The van der Waals surface area contributed by atoms with E-state index >= 15 is 0 Å². The summed E-state index contributed by atoms with van der Waals surface area (Å²) in [5.74, 6) is -0.308. The summed E-state index contributed by atoms with van der Waals surface area (Å²) in [5.41, 5.74) is 0. The second-order valence-corrected chi connectivity index (χ2v) is 4.34. The van der Waals surface area contributed by atoms with E-state index in [1.807, 2.05) is 6.92 Å². The number of ketones is 1. The van der Waals surface area contributed by atoms with Gasteiger partial charge in [-0.2, -0.15) is 13.2 Å². The van der Waals surface area contributed by atoms with E-state index in [1.165, 1.54) is 11.3 Å². The Kier molecular flexibility index (Phi) is 3.87. The van der Waals surface area contributed by atoms with Gasteiger partial charge in [-0.1, -0.05) is 0 Å². The normalized spacial score (nSPS) is 11.7. The van der Waals surface area contributed by atoms with Crippen LogP contribution >= 0.6 is 11.3 Å². The highest BCUT2D eigenvalue weighted by Gasteiger charge is 2.26. The summed E-state index contributed by atoms with van der Waals surface area (Å²) in [6.45, 7) is 0.424. The standard InChI is InChI=1S/C9H10F3NOS/c1-6-2-3-8(15-6)7(14)4-13-5-9(10,11)12/h2-3,13H,4-5H2,1H3. The summed E-state index contributed by atoms with van der Waals surface area (Å²) in [6.07, 6.45) is -4.27. The van der Waals surface area contributed by atoms with Crippen LogP contribution in [-0.2, 0) is 0 Å². The monoisotopic (exact) mass is 237 g/mol. The molecule has 0 atom stereocenters. The van der Waals surface area contributed by atoms with Crippen LogP contribution in [0.15, 0.2) is 12.1 Å². The van der Waals surface area contributed by atoms with E-state index < -0.39 is 12.7 Å². The van der Waals surface area contributed by atoms with Gasteiger partial charge in [0.15, 0.2) is 5.78 Å². The van der Waals surface area contributed by atoms with E-state index in [9.17, 15) is 18.0 Å². The van der Waals surface area contributed by atoms with Gasteiger partial charge in [-0.05, 0) is 19.1 Å². The van der Waals surface area contributed by atoms with Gasteiger partial charge in [-0.15, -0.1) is 11.3 Å². The molecule has 1 rings (SSSR count). The number of nitrogens with one attached hydrogen (secondary N) is 1. The highest BCUT2D eigenvalue weighted by molar-refractivity contribution is 7.14. The molecule has 84 valence electrons. The van der Waals surface area contributed by atoms with Gasteiger partial charge in [0.25, 0.3) is 0 Å². The summed E-state index contributed by atoms with van der Waals surface area (Å²) in [4.78, 5) is 12.8. The third-order valence-electron chi connectivity index (χ3n) is 1.63. The van der Waals surface area contributed by atoms with Crippen molar-refractivity contribution in [3.63, 3.8) is 0 Å². The quantitative estimate of drug-likeness (QED) is 0.815. The average Bonchev–Trinajstić information content (AvgIpc) is 2.49. The molecular weight excluding hydrogens is 227 g/mol. The summed E-state index contributed by atoms with van der Waals surface area (Å²) in [5, 5.41) is 2.06. The minimum atomic E-state index is -4.27. The smallest absolute Gasteiger partial charge is 0.302 e. The van der Waals surface area contributed by atoms with Crippen molar-refractivity contribution in [2.24, 2.45) is 0 Å². The molecule has 0 saturated carbocycles. The maximum atomic E-state index is 11.7. The van der Waals surface area contributed by atoms with E-state index in [0.717, 1.165) is 4.88 Å². The lowest BCUT2D eigenvalue weighted by Crippen LogP contribution is -2.32. The Hall–Kier alpha value is -0.880. The lowest BCUT2D eigenvalue weighted by atomic mass is 10.3. The first-order chi connectivity index (χ1) is 6.88. The molecule has 0 radical (unpaired) electrons. The Bertz CT molecular complexity index is 345. The zero-order valence-electron chi connectivity index (χ0n) is 8.02. The van der Waals surface area contributed by atoms with Gasteiger partial charge in [0.05, 0.1) is 18.0 Å². The minimum absolute atomic E-state index is 0.278. The van der Waals surface area contributed by atoms with Crippen molar-refractivity contribution in [2.75, 3.05) is 13.1 Å². The Labute approximate surface area is 89.1 Å². The molecule has 0 bridgehead atoms. The number of carbonyl (C=O) groups is 1. The predicted molar refractivity (Wildman–Crippen MR) is 52.3 cm³/mol. The number of hydrogen-bond donors (Lipinski definition) is 1. The number of aryl methyl sites for hydroxylation is 1. The first-order valence-corrected chi connectivity index (χ1v) is 5.07. The van der Waals surface area contributed by atoms with Crippen molar-refractivity contribution < 1.29 is 18.0 Å². The lowest BCUT2D eigenvalue weighted by molar-refractivity contribution is -0.124. The summed E-state index contributed by atoms with van der Waals surface area (Å²) >= 11 is 1.28. The topological polar surface area (TPSA) is 29.1 Å². The molecule has 1 heterocycles. The van der Waals surface area contributed by atoms with Crippen molar-refractivity contribution in [1.29, 1.82) is 0 Å². The molecule has 6 heteroatoms. The number of halogens is 3. The van der Waals surface area contributed by atoms with Crippen molar-refractivity contribution in [2.45, 2.75) is 13.1 Å². The largest absolute Gasteiger partial charge is 0.401 e. The number of rotatable bonds is 4. The summed E-state index contributed by atoms with van der Waals surface area (Å²) in [6, 6.07) is 3.39. The molecule has 0 saturated heterocycles. The van der Waals surface area contributed by atoms with Gasteiger partial charge in [0.2, 0.25) is 0 Å². The Morgan fingerprint density at radius 2 is 2.13 bits per heavy atom. The molecule has 2 nitrogen and oxygen atoms in total. The highest BCUT2D eigenvalue weighted by Crippen LogP contribution is 2.15. The SMILES string of the molecule is Cc1ccc(C(=O)CNCC(F)(F)F)s1. The van der Waals surface area contributed by atoms with Crippen molar-refractivity contribution in [3.8, 4) is 0 Å². The Balaban J connectivity index is 2.37. The number of alkyl halides is 3. The van der Waals surface area contributed by atoms with Crippen molar-refractivity contribution >= 4 is 17.1 Å². The molecule has 0 fully saturated rings. The predicted octanol–water partition coefficient (Wildman–Crippen LogP) is 2.39. The van der Waals surface area contributed by atoms with Crippen molar-refractivity contribution in [3.05, 3.63) is 21.9 Å². The number of carbonyl (C=O) groups excluding carboxylic acids is 1. The van der Waals surface area contributed by atoms with Crippen LogP contribution in [0.25, 0.3) is 0 Å². The van der Waals surface area contributed by atoms with Crippen LogP contribution < -0.4 is 5.32 Å². The van der Waals surface area contributed by atoms with Crippen LogP contribution in [-0.4, -0.2) is 25.0 Å². The molecule has 0 spiro atoms. The van der Waals surface area contributed by atoms with Crippen molar-refractivity contribution in [1.82, 2.24) is 5.32 Å². The molecule has 1 N–H and O–H groups in total. The van der Waals surface area contributed by atoms with E-state index in [2.05, 4.69) is 5.32 Å². The van der Waals surface area contributed by atoms with Crippen LogP contribution in [0.5, 0.6) is 0 Å². The summed E-state index contributed by atoms with van der Waals surface area (Å²) < 4.78 is 35.2. The molecule has 0 aliphatic heterocycles. The van der Waals surface area contributed by atoms with Crippen LogP contribution in [0.1, 0.15) is 14.5 Å². The molecule has 0 aliphatic rings. The third kappa shape index (κ3) is 4.44.